The van der Waals surface area contributed by atoms with Crippen molar-refractivity contribution < 1.29 is 4.42 Å². The molecular weight excluding hydrogens is 344 g/mol. The minimum absolute atomic E-state index is 0.278. The number of aromatic nitrogens is 4. The van der Waals surface area contributed by atoms with Gasteiger partial charge in [-0.15, -0.1) is 5.10 Å². The van der Waals surface area contributed by atoms with Gasteiger partial charge in [0.1, 0.15) is 12.2 Å². The van der Waals surface area contributed by atoms with Crippen LogP contribution in [0.25, 0.3) is 5.70 Å². The van der Waals surface area contributed by atoms with Gasteiger partial charge in [0, 0.05) is 7.05 Å². The first-order valence-electron chi connectivity index (χ1n) is 8.65. The van der Waals surface area contributed by atoms with Gasteiger partial charge in [0.15, 0.2) is 5.82 Å². The number of nitrogens with zero attached hydrogens (tertiary/aromatic N) is 6. The molecule has 0 fully saturated rings. The van der Waals surface area contributed by atoms with Crippen LogP contribution in [0.2, 0.25) is 0 Å². The van der Waals surface area contributed by atoms with Crippen LogP contribution in [-0.2, 0) is 26.6 Å². The highest BCUT2D eigenvalue weighted by atomic mass is 16.4. The highest BCUT2D eigenvalue weighted by Gasteiger charge is 2.22. The summed E-state index contributed by atoms with van der Waals surface area (Å²) in [7, 11) is 1.88. The lowest BCUT2D eigenvalue weighted by Gasteiger charge is -2.23. The molecule has 0 amide bonds. The summed E-state index contributed by atoms with van der Waals surface area (Å²) in [5.74, 6) is 0.490. The average Bonchev–Trinajstić information content (AvgIpc) is 3.20. The molecule has 0 radical (unpaired) electrons. The molecule has 0 N–H and O–H groups in total. The molecule has 138 valence electrons. The summed E-state index contributed by atoms with van der Waals surface area (Å²) in [5, 5.41) is 4.31. The highest BCUT2D eigenvalue weighted by Crippen LogP contribution is 2.29. The van der Waals surface area contributed by atoms with Crippen molar-refractivity contribution in [1.82, 2.24) is 24.2 Å². The third-order valence-corrected chi connectivity index (χ3v) is 4.54. The quantitative estimate of drug-likeness (QED) is 0.694. The fourth-order valence-corrected chi connectivity index (χ4v) is 3.00. The maximum atomic E-state index is 12.1. The van der Waals surface area contributed by atoms with Crippen LogP contribution in [0.15, 0.2) is 51.4 Å². The van der Waals surface area contributed by atoms with Crippen molar-refractivity contribution in [3.8, 4) is 0 Å². The van der Waals surface area contributed by atoms with Crippen LogP contribution in [0, 0.1) is 6.92 Å². The second-order valence-electron chi connectivity index (χ2n) is 6.57. The maximum Gasteiger partial charge on any atom is 0.437 e. The summed E-state index contributed by atoms with van der Waals surface area (Å²) >= 11 is 0. The van der Waals surface area contributed by atoms with Gasteiger partial charge < -0.3 is 13.9 Å². The molecule has 1 aromatic carbocycles. The molecule has 2 aromatic heterocycles. The Kier molecular flexibility index (Phi) is 4.23. The van der Waals surface area contributed by atoms with Gasteiger partial charge in [-0.3, -0.25) is 0 Å². The van der Waals surface area contributed by atoms with Crippen molar-refractivity contribution in [1.29, 1.82) is 0 Å². The SMILES string of the molecule is C=C1c2c(ncn2C)N=CN1Cc1nn(CCc2ccc(C)cc2)c(=O)o1. The number of imidazole rings is 1. The van der Waals surface area contributed by atoms with E-state index in [9.17, 15) is 4.79 Å². The molecule has 0 spiro atoms. The Morgan fingerprint density at radius 3 is 2.78 bits per heavy atom. The number of benzene rings is 1. The van der Waals surface area contributed by atoms with Gasteiger partial charge in [-0.2, -0.15) is 4.68 Å². The average molecular weight is 364 g/mol. The molecule has 1 aliphatic heterocycles. The molecule has 0 unspecified atom stereocenters. The van der Waals surface area contributed by atoms with Crippen molar-refractivity contribution in [3.63, 3.8) is 0 Å². The van der Waals surface area contributed by atoms with Crippen LogP contribution in [0.5, 0.6) is 0 Å². The van der Waals surface area contributed by atoms with Crippen LogP contribution in [0.1, 0.15) is 22.7 Å². The molecule has 3 aromatic rings. The van der Waals surface area contributed by atoms with Gasteiger partial charge in [-0.25, -0.2) is 14.8 Å². The zero-order valence-corrected chi connectivity index (χ0v) is 15.3. The Morgan fingerprint density at radius 1 is 1.22 bits per heavy atom. The molecule has 0 saturated carbocycles. The van der Waals surface area contributed by atoms with Crippen molar-refractivity contribution in [2.45, 2.75) is 26.4 Å². The van der Waals surface area contributed by atoms with Crippen LogP contribution in [0.3, 0.4) is 0 Å². The molecule has 1 aliphatic rings. The molecule has 27 heavy (non-hydrogen) atoms. The van der Waals surface area contributed by atoms with Crippen LogP contribution < -0.4 is 5.76 Å². The molecule has 0 aliphatic carbocycles. The Morgan fingerprint density at radius 2 is 2.00 bits per heavy atom. The van der Waals surface area contributed by atoms with Crippen LogP contribution in [0.4, 0.5) is 5.82 Å². The van der Waals surface area contributed by atoms with Crippen LogP contribution >= 0.6 is 0 Å². The van der Waals surface area contributed by atoms with Crippen LogP contribution in [-0.4, -0.2) is 30.6 Å². The summed E-state index contributed by atoms with van der Waals surface area (Å²) < 4.78 is 8.52. The fourth-order valence-electron chi connectivity index (χ4n) is 3.00. The van der Waals surface area contributed by atoms with E-state index in [0.717, 1.165) is 17.0 Å². The van der Waals surface area contributed by atoms with Gasteiger partial charge in [0.25, 0.3) is 0 Å². The Hall–Kier alpha value is -3.42. The Labute approximate surface area is 156 Å². The Balaban J connectivity index is 1.46. The van der Waals surface area contributed by atoms with E-state index in [1.165, 1.54) is 10.2 Å². The van der Waals surface area contributed by atoms with E-state index in [-0.39, 0.29) is 6.54 Å². The molecule has 0 bridgehead atoms. The largest absolute Gasteiger partial charge is 0.437 e. The first-order valence-corrected chi connectivity index (χ1v) is 8.65. The third kappa shape index (κ3) is 3.33. The molecule has 0 saturated heterocycles. The third-order valence-electron chi connectivity index (χ3n) is 4.54. The van der Waals surface area contributed by atoms with E-state index in [2.05, 4.69) is 45.9 Å². The van der Waals surface area contributed by atoms with Crippen molar-refractivity contribution in [2.24, 2.45) is 12.0 Å². The van der Waals surface area contributed by atoms with E-state index >= 15 is 0 Å². The zero-order valence-electron chi connectivity index (χ0n) is 15.3. The summed E-state index contributed by atoms with van der Waals surface area (Å²) in [4.78, 5) is 22.4. The number of aliphatic imine (C=N–C) groups is 1. The summed E-state index contributed by atoms with van der Waals surface area (Å²) in [6.07, 6.45) is 4.03. The van der Waals surface area contributed by atoms with E-state index in [1.54, 1.807) is 17.6 Å². The summed E-state index contributed by atoms with van der Waals surface area (Å²) in [6, 6.07) is 8.22. The molecule has 4 rings (SSSR count). The lowest BCUT2D eigenvalue weighted by Crippen LogP contribution is -2.23. The van der Waals surface area contributed by atoms with Crippen molar-refractivity contribution in [2.75, 3.05) is 0 Å². The minimum Gasteiger partial charge on any atom is -0.390 e. The number of fused-ring (bicyclic) bond motifs is 1. The number of aryl methyl sites for hydroxylation is 4. The normalized spacial score (nSPS) is 13.3. The molecular formula is C19H20N6O2. The monoisotopic (exact) mass is 364 g/mol. The van der Waals surface area contributed by atoms with E-state index in [0.29, 0.717) is 24.7 Å². The number of hydrogen-bond acceptors (Lipinski definition) is 6. The second-order valence-corrected chi connectivity index (χ2v) is 6.57. The topological polar surface area (TPSA) is 81.5 Å². The second kappa shape index (κ2) is 6.71. The van der Waals surface area contributed by atoms with Crippen molar-refractivity contribution >= 4 is 17.9 Å². The van der Waals surface area contributed by atoms with E-state index < -0.39 is 5.76 Å². The predicted molar refractivity (Wildman–Crippen MR) is 102 cm³/mol. The lowest BCUT2D eigenvalue weighted by atomic mass is 10.1. The Bertz CT molecular complexity index is 1070. The predicted octanol–water partition coefficient (Wildman–Crippen LogP) is 2.27. The van der Waals surface area contributed by atoms with Gasteiger partial charge in [0.05, 0.1) is 24.9 Å². The maximum absolute atomic E-state index is 12.1. The molecule has 3 heterocycles. The first kappa shape index (κ1) is 17.0. The van der Waals surface area contributed by atoms with Gasteiger partial charge >= 0.3 is 5.76 Å². The molecule has 0 atom stereocenters. The van der Waals surface area contributed by atoms with Gasteiger partial charge in [0.2, 0.25) is 5.89 Å². The van der Waals surface area contributed by atoms with Gasteiger partial charge in [-0.1, -0.05) is 36.4 Å². The highest BCUT2D eigenvalue weighted by molar-refractivity contribution is 5.83. The number of hydrogen-bond donors (Lipinski definition) is 0. The zero-order chi connectivity index (χ0) is 19.0. The summed E-state index contributed by atoms with van der Waals surface area (Å²) in [5.41, 5.74) is 3.92. The summed E-state index contributed by atoms with van der Waals surface area (Å²) in [6.45, 7) is 6.89. The first-order chi connectivity index (χ1) is 13.0. The standard InChI is InChI=1S/C19H20N6O2/c1-13-4-6-15(7-5-13)8-9-25-19(26)27-16(22-25)10-24-12-21-18-17(14(24)2)23(3)11-20-18/h4-7,11-12H,2,8-10H2,1,3H3. The molecule has 8 nitrogen and oxygen atoms in total. The number of rotatable bonds is 5. The molecule has 8 heteroatoms. The fraction of sp³-hybridized carbons (Fsp3) is 0.263. The van der Waals surface area contributed by atoms with Crippen molar-refractivity contribution in [3.05, 3.63) is 70.4 Å². The van der Waals surface area contributed by atoms with E-state index in [4.69, 9.17) is 4.42 Å². The minimum atomic E-state index is -0.460. The smallest absolute Gasteiger partial charge is 0.390 e. The lowest BCUT2D eigenvalue weighted by molar-refractivity contribution is 0.407. The van der Waals surface area contributed by atoms with E-state index in [1.807, 2.05) is 18.5 Å². The van der Waals surface area contributed by atoms with Gasteiger partial charge in [-0.05, 0) is 18.9 Å².